The molecule has 0 fully saturated rings. The Hall–Kier alpha value is -2.93. The van der Waals surface area contributed by atoms with Gasteiger partial charge in [-0.05, 0) is 48.5 Å². The van der Waals surface area contributed by atoms with Crippen LogP contribution in [0.5, 0.6) is 0 Å². The molecule has 0 amide bonds. The highest BCUT2D eigenvalue weighted by Crippen LogP contribution is 2.19. The van der Waals surface area contributed by atoms with Crippen LogP contribution in [0, 0.1) is 17.1 Å². The van der Waals surface area contributed by atoms with Crippen molar-refractivity contribution in [2.75, 3.05) is 0 Å². The zero-order valence-corrected chi connectivity index (χ0v) is 10.4. The quantitative estimate of drug-likeness (QED) is 0.676. The summed E-state index contributed by atoms with van der Waals surface area (Å²) in [5.41, 5.74) is 1.68. The molecule has 1 heterocycles. The molecule has 0 bridgehead atoms. The van der Waals surface area contributed by atoms with Crippen LogP contribution >= 0.6 is 0 Å². The van der Waals surface area contributed by atoms with Crippen molar-refractivity contribution < 1.29 is 9.18 Å². The van der Waals surface area contributed by atoms with E-state index in [9.17, 15) is 9.18 Å². The third-order valence-electron chi connectivity index (χ3n) is 3.13. The molecule has 3 aromatic rings. The van der Waals surface area contributed by atoms with Crippen LogP contribution in [0.2, 0.25) is 0 Å². The fraction of sp³-hybridized carbons (Fsp3) is 0. The Morgan fingerprint density at radius 2 is 1.85 bits per heavy atom. The van der Waals surface area contributed by atoms with Gasteiger partial charge in [0.2, 0.25) is 0 Å². The number of rotatable bonds is 1. The molecule has 0 aliphatic carbocycles. The molecule has 2 aromatic carbocycles. The highest BCUT2D eigenvalue weighted by Gasteiger charge is 2.11. The lowest BCUT2D eigenvalue weighted by Crippen LogP contribution is -2.10. The zero-order chi connectivity index (χ0) is 14.1. The van der Waals surface area contributed by atoms with Crippen LogP contribution in [-0.2, 0) is 0 Å². The number of halogens is 1. The summed E-state index contributed by atoms with van der Waals surface area (Å²) in [4.78, 5) is 12.4. The monoisotopic (exact) mass is 264 g/mol. The largest absolute Gasteiger partial charge is 0.283 e. The second kappa shape index (κ2) is 4.63. The van der Waals surface area contributed by atoms with Crippen LogP contribution in [0.4, 0.5) is 4.39 Å². The molecule has 0 unspecified atom stereocenters. The average Bonchev–Trinajstić information content (AvgIpc) is 2.90. The Kier molecular flexibility index (Phi) is 2.81. The van der Waals surface area contributed by atoms with E-state index in [1.807, 2.05) is 0 Å². The van der Waals surface area contributed by atoms with E-state index in [1.165, 1.54) is 28.8 Å². The molecular weight excluding hydrogens is 255 g/mol. The number of benzene rings is 2. The van der Waals surface area contributed by atoms with Gasteiger partial charge in [0.25, 0.3) is 5.91 Å². The van der Waals surface area contributed by atoms with Crippen LogP contribution in [-0.4, -0.2) is 10.5 Å². The third-order valence-corrected chi connectivity index (χ3v) is 3.13. The van der Waals surface area contributed by atoms with Gasteiger partial charge in [-0.25, -0.2) is 4.39 Å². The molecular formula is C16H9FN2O. The highest BCUT2D eigenvalue weighted by atomic mass is 19.1. The van der Waals surface area contributed by atoms with E-state index >= 15 is 0 Å². The number of hydrogen-bond donors (Lipinski definition) is 0. The van der Waals surface area contributed by atoms with E-state index in [0.717, 1.165) is 10.9 Å². The number of carbonyl (C=O) groups excluding carboxylic acids is 1. The maximum Gasteiger partial charge on any atom is 0.262 e. The second-order valence-corrected chi connectivity index (χ2v) is 4.38. The molecule has 3 rings (SSSR count). The fourth-order valence-corrected chi connectivity index (χ4v) is 2.12. The summed E-state index contributed by atoms with van der Waals surface area (Å²) in [5, 5.41) is 9.68. The Morgan fingerprint density at radius 3 is 2.55 bits per heavy atom. The number of nitrogens with zero attached hydrogens (tertiary/aromatic N) is 2. The lowest BCUT2D eigenvalue weighted by Gasteiger charge is -2.04. The van der Waals surface area contributed by atoms with E-state index in [0.29, 0.717) is 11.1 Å². The van der Waals surface area contributed by atoms with Crippen LogP contribution < -0.4 is 0 Å². The van der Waals surface area contributed by atoms with Crippen LogP contribution in [0.25, 0.3) is 10.9 Å². The van der Waals surface area contributed by atoms with Crippen LogP contribution in [0.15, 0.2) is 54.7 Å². The Balaban J connectivity index is 2.08. The number of aromatic nitrogens is 1. The molecule has 0 saturated heterocycles. The van der Waals surface area contributed by atoms with E-state index in [1.54, 1.807) is 30.5 Å². The van der Waals surface area contributed by atoms with Gasteiger partial charge in [-0.15, -0.1) is 0 Å². The van der Waals surface area contributed by atoms with Crippen molar-refractivity contribution >= 4 is 16.8 Å². The maximum atomic E-state index is 12.9. The molecule has 0 aliphatic rings. The topological polar surface area (TPSA) is 45.8 Å². The van der Waals surface area contributed by atoms with Gasteiger partial charge in [-0.2, -0.15) is 5.26 Å². The highest BCUT2D eigenvalue weighted by molar-refractivity contribution is 6.02. The molecule has 20 heavy (non-hydrogen) atoms. The van der Waals surface area contributed by atoms with Gasteiger partial charge in [0, 0.05) is 17.1 Å². The molecule has 3 nitrogen and oxygen atoms in total. The van der Waals surface area contributed by atoms with Crippen LogP contribution in [0.1, 0.15) is 15.9 Å². The third kappa shape index (κ3) is 1.95. The van der Waals surface area contributed by atoms with Crippen LogP contribution in [0.3, 0.4) is 0 Å². The van der Waals surface area contributed by atoms with Gasteiger partial charge in [0.15, 0.2) is 0 Å². The molecule has 0 aliphatic heterocycles. The van der Waals surface area contributed by atoms with Crippen molar-refractivity contribution in [1.82, 2.24) is 4.57 Å². The molecule has 0 atom stereocenters. The van der Waals surface area contributed by atoms with Crippen molar-refractivity contribution in [2.24, 2.45) is 0 Å². The Labute approximate surface area is 114 Å². The first-order valence-corrected chi connectivity index (χ1v) is 6.00. The minimum Gasteiger partial charge on any atom is -0.283 e. The van der Waals surface area contributed by atoms with Gasteiger partial charge >= 0.3 is 0 Å². The van der Waals surface area contributed by atoms with Crippen molar-refractivity contribution in [3.05, 3.63) is 71.7 Å². The summed E-state index contributed by atoms with van der Waals surface area (Å²) in [6.45, 7) is 0. The molecule has 0 N–H and O–H groups in total. The average molecular weight is 264 g/mol. The van der Waals surface area contributed by atoms with E-state index in [4.69, 9.17) is 5.26 Å². The molecule has 0 spiro atoms. The molecule has 0 radical (unpaired) electrons. The van der Waals surface area contributed by atoms with Gasteiger partial charge in [-0.3, -0.25) is 9.36 Å². The Morgan fingerprint density at radius 1 is 1.10 bits per heavy atom. The minimum absolute atomic E-state index is 0.232. The lowest BCUT2D eigenvalue weighted by atomic mass is 10.1. The number of nitriles is 1. The predicted octanol–water partition coefficient (Wildman–Crippen LogP) is 3.34. The number of hydrogen-bond acceptors (Lipinski definition) is 2. The standard InChI is InChI=1S/C16H9FN2O/c17-14-4-2-12(3-5-14)16(20)19-8-7-13-9-11(10-18)1-6-15(13)19/h1-9H. The fourth-order valence-electron chi connectivity index (χ4n) is 2.12. The Bertz CT molecular complexity index is 841. The smallest absolute Gasteiger partial charge is 0.262 e. The summed E-state index contributed by atoms with van der Waals surface area (Å²) >= 11 is 0. The molecule has 0 saturated carbocycles. The number of carbonyl (C=O) groups is 1. The zero-order valence-electron chi connectivity index (χ0n) is 10.4. The van der Waals surface area contributed by atoms with Gasteiger partial charge in [-0.1, -0.05) is 0 Å². The van der Waals surface area contributed by atoms with Gasteiger partial charge in [0.1, 0.15) is 5.82 Å². The summed E-state index contributed by atoms with van der Waals surface area (Å²) in [7, 11) is 0. The summed E-state index contributed by atoms with van der Waals surface area (Å²) < 4.78 is 14.4. The molecule has 4 heteroatoms. The first kappa shape index (κ1) is 12.1. The summed E-state index contributed by atoms with van der Waals surface area (Å²) in [6, 6.07) is 14.4. The minimum atomic E-state index is -0.377. The molecule has 1 aromatic heterocycles. The van der Waals surface area contributed by atoms with E-state index < -0.39 is 0 Å². The number of fused-ring (bicyclic) bond motifs is 1. The van der Waals surface area contributed by atoms with E-state index in [2.05, 4.69) is 6.07 Å². The van der Waals surface area contributed by atoms with E-state index in [-0.39, 0.29) is 11.7 Å². The predicted molar refractivity (Wildman–Crippen MR) is 72.8 cm³/mol. The van der Waals surface area contributed by atoms with Gasteiger partial charge in [0.05, 0.1) is 17.1 Å². The second-order valence-electron chi connectivity index (χ2n) is 4.38. The first-order chi connectivity index (χ1) is 9.69. The van der Waals surface area contributed by atoms with Gasteiger partial charge < -0.3 is 0 Å². The normalized spacial score (nSPS) is 10.4. The van der Waals surface area contributed by atoms with Crippen molar-refractivity contribution in [3.8, 4) is 6.07 Å². The lowest BCUT2D eigenvalue weighted by molar-refractivity contribution is 0.0965. The van der Waals surface area contributed by atoms with Crippen molar-refractivity contribution in [3.63, 3.8) is 0 Å². The maximum absolute atomic E-state index is 12.9. The summed E-state index contributed by atoms with van der Waals surface area (Å²) in [5.74, 6) is -0.609. The summed E-state index contributed by atoms with van der Waals surface area (Å²) in [6.07, 6.45) is 1.65. The van der Waals surface area contributed by atoms with Crippen molar-refractivity contribution in [1.29, 1.82) is 5.26 Å². The first-order valence-electron chi connectivity index (χ1n) is 6.00. The SMILES string of the molecule is N#Cc1ccc2c(ccn2C(=O)c2ccc(F)cc2)c1. The molecule has 96 valence electrons. The van der Waals surface area contributed by atoms with Crippen molar-refractivity contribution in [2.45, 2.75) is 0 Å².